The molecule has 1 heterocycles. The minimum absolute atomic E-state index is 0.0322. The van der Waals surface area contributed by atoms with Crippen molar-refractivity contribution in [3.8, 4) is 0 Å². The molecule has 26 heavy (non-hydrogen) atoms. The van der Waals surface area contributed by atoms with Gasteiger partial charge in [-0.3, -0.25) is 9.59 Å². The van der Waals surface area contributed by atoms with Gasteiger partial charge in [-0.25, -0.2) is 4.79 Å². The van der Waals surface area contributed by atoms with Crippen LogP contribution < -0.4 is 5.32 Å². The van der Waals surface area contributed by atoms with E-state index in [-0.39, 0.29) is 30.1 Å². The van der Waals surface area contributed by atoms with Gasteiger partial charge in [-0.2, -0.15) is 0 Å². The van der Waals surface area contributed by atoms with Crippen LogP contribution in [0.25, 0.3) is 0 Å². The Bertz CT molecular complexity index is 706. The van der Waals surface area contributed by atoms with Crippen LogP contribution in [0.3, 0.4) is 0 Å². The Morgan fingerprint density at radius 1 is 1.27 bits per heavy atom. The van der Waals surface area contributed by atoms with Gasteiger partial charge >= 0.3 is 5.97 Å². The van der Waals surface area contributed by atoms with Gasteiger partial charge in [0.1, 0.15) is 6.04 Å². The lowest BCUT2D eigenvalue weighted by molar-refractivity contribution is -0.150. The molecule has 1 aliphatic heterocycles. The van der Waals surface area contributed by atoms with E-state index in [0.29, 0.717) is 11.6 Å². The molecule has 0 radical (unpaired) electrons. The van der Waals surface area contributed by atoms with Crippen molar-refractivity contribution in [1.29, 1.82) is 0 Å². The van der Waals surface area contributed by atoms with Gasteiger partial charge in [0.2, 0.25) is 11.8 Å². The van der Waals surface area contributed by atoms with Gasteiger partial charge in [0.15, 0.2) is 0 Å². The molecule has 1 aliphatic carbocycles. The molecule has 0 spiro atoms. The predicted molar refractivity (Wildman–Crippen MR) is 96.6 cm³/mol. The molecule has 3 rings (SSSR count). The summed E-state index contributed by atoms with van der Waals surface area (Å²) in [6.07, 6.45) is 2.90. The second kappa shape index (κ2) is 7.66. The van der Waals surface area contributed by atoms with Crippen molar-refractivity contribution in [3.63, 3.8) is 0 Å². The van der Waals surface area contributed by atoms with E-state index in [4.69, 9.17) is 11.6 Å². The number of benzene rings is 1. The largest absolute Gasteiger partial charge is 0.480 e. The number of fused-ring (bicyclic) bond motifs is 1. The van der Waals surface area contributed by atoms with Crippen LogP contribution in [-0.4, -0.2) is 40.4 Å². The van der Waals surface area contributed by atoms with Gasteiger partial charge < -0.3 is 15.3 Å². The van der Waals surface area contributed by atoms with Gasteiger partial charge in [-0.1, -0.05) is 30.2 Å². The van der Waals surface area contributed by atoms with Gasteiger partial charge in [0, 0.05) is 18.5 Å². The number of carboxylic acid groups (broad SMARTS) is 1. The van der Waals surface area contributed by atoms with Crippen LogP contribution in [0.5, 0.6) is 0 Å². The molecule has 4 unspecified atom stereocenters. The molecule has 1 aromatic rings. The molecular weight excluding hydrogens is 356 g/mol. The van der Waals surface area contributed by atoms with Gasteiger partial charge in [0.05, 0.1) is 12.5 Å². The zero-order valence-corrected chi connectivity index (χ0v) is 15.4. The fourth-order valence-corrected chi connectivity index (χ4v) is 4.49. The first kappa shape index (κ1) is 18.7. The molecule has 1 saturated carbocycles. The summed E-state index contributed by atoms with van der Waals surface area (Å²) >= 11 is 5.91. The number of halogens is 1. The van der Waals surface area contributed by atoms with Crippen molar-refractivity contribution < 1.29 is 19.5 Å². The number of nitrogens with one attached hydrogen (secondary N) is 1. The topological polar surface area (TPSA) is 86.7 Å². The highest BCUT2D eigenvalue weighted by molar-refractivity contribution is 6.30. The smallest absolute Gasteiger partial charge is 0.326 e. The molecule has 4 atom stereocenters. The van der Waals surface area contributed by atoms with Crippen LogP contribution in [0.15, 0.2) is 24.3 Å². The zero-order valence-electron chi connectivity index (χ0n) is 14.7. The summed E-state index contributed by atoms with van der Waals surface area (Å²) in [6.45, 7) is 1.89. The summed E-state index contributed by atoms with van der Waals surface area (Å²) in [5.41, 5.74) is 0.768. The molecule has 2 aliphatic rings. The standard InChI is InChI=1S/C19H23ClN2O4/c1-11(23)21-16(12-5-7-14(20)8-6-12)9-17(24)22-10-13-3-2-4-15(13)18(22)19(25)26/h5-8,13,15-16,18H,2-4,9-10H2,1H3,(H,21,23)(H,25,26). The van der Waals surface area contributed by atoms with E-state index in [1.54, 1.807) is 24.3 Å². The third-order valence-corrected chi connectivity index (χ3v) is 5.74. The minimum Gasteiger partial charge on any atom is -0.480 e. The first-order chi connectivity index (χ1) is 12.4. The Labute approximate surface area is 157 Å². The Hall–Kier alpha value is -2.08. The van der Waals surface area contributed by atoms with E-state index < -0.39 is 18.1 Å². The van der Waals surface area contributed by atoms with Gasteiger partial charge in [0.25, 0.3) is 0 Å². The lowest BCUT2D eigenvalue weighted by Gasteiger charge is -2.27. The van der Waals surface area contributed by atoms with Crippen molar-refractivity contribution in [1.82, 2.24) is 10.2 Å². The van der Waals surface area contributed by atoms with Crippen LogP contribution >= 0.6 is 11.6 Å². The first-order valence-electron chi connectivity index (χ1n) is 8.91. The molecule has 7 heteroatoms. The SMILES string of the molecule is CC(=O)NC(CC(=O)N1CC2CCCC2C1C(=O)O)c1ccc(Cl)cc1. The van der Waals surface area contributed by atoms with E-state index in [2.05, 4.69) is 5.32 Å². The van der Waals surface area contributed by atoms with Gasteiger partial charge in [-0.15, -0.1) is 0 Å². The average molecular weight is 379 g/mol. The van der Waals surface area contributed by atoms with Crippen molar-refractivity contribution in [2.45, 2.75) is 44.7 Å². The van der Waals surface area contributed by atoms with Crippen molar-refractivity contribution in [2.75, 3.05) is 6.54 Å². The monoisotopic (exact) mass is 378 g/mol. The lowest BCUT2D eigenvalue weighted by atomic mass is 9.94. The summed E-state index contributed by atoms with van der Waals surface area (Å²) in [4.78, 5) is 37.7. The number of amides is 2. The molecule has 0 aromatic heterocycles. The molecule has 2 fully saturated rings. The van der Waals surface area contributed by atoms with Crippen LogP contribution in [-0.2, 0) is 14.4 Å². The van der Waals surface area contributed by atoms with Crippen molar-refractivity contribution in [3.05, 3.63) is 34.9 Å². The van der Waals surface area contributed by atoms with Crippen LogP contribution in [0, 0.1) is 11.8 Å². The maximum atomic E-state index is 12.9. The van der Waals surface area contributed by atoms with Crippen molar-refractivity contribution in [2.24, 2.45) is 11.8 Å². The minimum atomic E-state index is -0.935. The summed E-state index contributed by atoms with van der Waals surface area (Å²) in [7, 11) is 0. The molecule has 140 valence electrons. The maximum Gasteiger partial charge on any atom is 0.326 e. The zero-order chi connectivity index (χ0) is 18.8. The van der Waals surface area contributed by atoms with Gasteiger partial charge in [-0.05, 0) is 42.4 Å². The number of carboxylic acids is 1. The summed E-state index contributed by atoms with van der Waals surface area (Å²) in [5.74, 6) is -1.09. The van der Waals surface area contributed by atoms with E-state index in [9.17, 15) is 19.5 Å². The number of hydrogen-bond acceptors (Lipinski definition) is 3. The molecule has 0 bridgehead atoms. The third-order valence-electron chi connectivity index (χ3n) is 5.49. The highest BCUT2D eigenvalue weighted by Crippen LogP contribution is 2.42. The molecule has 2 N–H and O–H groups in total. The van der Waals surface area contributed by atoms with Crippen molar-refractivity contribution >= 4 is 29.4 Å². The number of aliphatic carboxylic acids is 1. The Balaban J connectivity index is 1.77. The first-order valence-corrected chi connectivity index (χ1v) is 9.29. The summed E-state index contributed by atoms with van der Waals surface area (Å²) in [5, 5.41) is 13.0. The Morgan fingerprint density at radius 2 is 1.96 bits per heavy atom. The average Bonchev–Trinajstić information content (AvgIpc) is 3.14. The quantitative estimate of drug-likeness (QED) is 0.824. The highest BCUT2D eigenvalue weighted by atomic mass is 35.5. The lowest BCUT2D eigenvalue weighted by Crippen LogP contribution is -2.44. The Kier molecular flexibility index (Phi) is 5.51. The van der Waals surface area contributed by atoms with Crippen LogP contribution in [0.1, 0.15) is 44.2 Å². The highest BCUT2D eigenvalue weighted by Gasteiger charge is 2.49. The molecule has 1 aromatic carbocycles. The second-order valence-electron chi connectivity index (χ2n) is 7.19. The van der Waals surface area contributed by atoms with E-state index in [0.717, 1.165) is 24.8 Å². The number of nitrogens with zero attached hydrogens (tertiary/aromatic N) is 1. The van der Waals surface area contributed by atoms with E-state index >= 15 is 0 Å². The fraction of sp³-hybridized carbons (Fsp3) is 0.526. The number of rotatable bonds is 5. The van der Waals surface area contributed by atoms with Crippen LogP contribution in [0.4, 0.5) is 0 Å². The molecule has 2 amide bonds. The molecule has 6 nitrogen and oxygen atoms in total. The van der Waals surface area contributed by atoms with Crippen LogP contribution in [0.2, 0.25) is 5.02 Å². The van der Waals surface area contributed by atoms with E-state index in [1.807, 2.05) is 0 Å². The number of hydrogen-bond donors (Lipinski definition) is 2. The van der Waals surface area contributed by atoms with E-state index in [1.165, 1.54) is 11.8 Å². The predicted octanol–water partition coefficient (Wildman–Crippen LogP) is 2.62. The fourth-order valence-electron chi connectivity index (χ4n) is 4.36. The maximum absolute atomic E-state index is 12.9. The number of carbonyl (C=O) groups is 3. The summed E-state index contributed by atoms with van der Waals surface area (Å²) in [6, 6.07) is 5.69. The number of carbonyl (C=O) groups excluding carboxylic acids is 2. The Morgan fingerprint density at radius 3 is 2.58 bits per heavy atom. The normalized spacial score (nSPS) is 25.6. The summed E-state index contributed by atoms with van der Waals surface area (Å²) < 4.78 is 0. The molecular formula is C19H23ClN2O4. The third kappa shape index (κ3) is 3.85. The number of likely N-dealkylation sites (tertiary alicyclic amines) is 1. The molecule has 1 saturated heterocycles. The second-order valence-corrected chi connectivity index (χ2v) is 7.63.